The van der Waals surface area contributed by atoms with Gasteiger partial charge in [0.25, 0.3) is 0 Å². The first-order chi connectivity index (χ1) is 12.2. The zero-order chi connectivity index (χ0) is 19.3. The van der Waals surface area contributed by atoms with Crippen molar-refractivity contribution in [3.8, 4) is 5.75 Å². The number of hydrogen-bond acceptors (Lipinski definition) is 5. The molecule has 0 saturated heterocycles. The number of nitrogens with zero attached hydrogens (tertiary/aromatic N) is 2. The molecule has 0 amide bonds. The molecule has 0 aliphatic heterocycles. The third kappa shape index (κ3) is 5.06. The zero-order valence-corrected chi connectivity index (χ0v) is 15.8. The molecule has 0 atom stereocenters. The van der Waals surface area contributed by atoms with Crippen molar-refractivity contribution < 1.29 is 23.1 Å². The summed E-state index contributed by atoms with van der Waals surface area (Å²) in [6.07, 6.45) is 3.01. The largest absolute Gasteiger partial charge is 0.495 e. The highest BCUT2D eigenvalue weighted by atomic mass is 32.2. The molecule has 2 rings (SSSR count). The Balaban J connectivity index is 2.24. The topological polar surface area (TPSA) is 111 Å². The number of carboxylic acid groups (broad SMARTS) is 1. The highest BCUT2D eigenvalue weighted by Crippen LogP contribution is 2.25. The van der Waals surface area contributed by atoms with Gasteiger partial charge in [0.1, 0.15) is 10.6 Å². The van der Waals surface area contributed by atoms with Crippen molar-refractivity contribution in [2.45, 2.75) is 38.3 Å². The lowest BCUT2D eigenvalue weighted by molar-refractivity contribution is -0.136. The maximum absolute atomic E-state index is 12.7. The van der Waals surface area contributed by atoms with E-state index in [4.69, 9.17) is 9.84 Å². The van der Waals surface area contributed by atoms with E-state index in [2.05, 4.69) is 23.6 Å². The summed E-state index contributed by atoms with van der Waals surface area (Å²) in [6.45, 7) is 4.93. The minimum absolute atomic E-state index is 0.0708. The van der Waals surface area contributed by atoms with Crippen LogP contribution in [0.5, 0.6) is 5.75 Å². The highest BCUT2D eigenvalue weighted by molar-refractivity contribution is 7.89. The molecule has 1 aromatic carbocycles. The number of ether oxygens (including phenoxy) is 1. The third-order valence-electron chi connectivity index (χ3n) is 3.68. The lowest BCUT2D eigenvalue weighted by Crippen LogP contribution is -2.25. The van der Waals surface area contributed by atoms with E-state index in [0.29, 0.717) is 11.5 Å². The number of methoxy groups -OCH3 is 1. The van der Waals surface area contributed by atoms with Crippen molar-refractivity contribution in [2.75, 3.05) is 7.11 Å². The maximum Gasteiger partial charge on any atom is 0.307 e. The first-order valence-electron chi connectivity index (χ1n) is 8.10. The van der Waals surface area contributed by atoms with Crippen LogP contribution in [-0.4, -0.2) is 36.2 Å². The second-order valence-electron chi connectivity index (χ2n) is 6.31. The Bertz CT molecular complexity index is 874. The van der Waals surface area contributed by atoms with E-state index in [1.54, 1.807) is 12.5 Å². The Labute approximate surface area is 152 Å². The fourth-order valence-electron chi connectivity index (χ4n) is 2.52. The van der Waals surface area contributed by atoms with E-state index < -0.39 is 16.0 Å². The van der Waals surface area contributed by atoms with Crippen molar-refractivity contribution in [1.82, 2.24) is 14.3 Å². The van der Waals surface area contributed by atoms with Gasteiger partial charge in [0, 0.05) is 12.7 Å². The number of rotatable bonds is 9. The van der Waals surface area contributed by atoms with Crippen LogP contribution in [0.15, 0.2) is 35.6 Å². The van der Waals surface area contributed by atoms with E-state index in [9.17, 15) is 13.2 Å². The molecule has 8 nitrogen and oxygen atoms in total. The number of imidazole rings is 1. The second kappa shape index (κ2) is 8.33. The number of nitrogens with one attached hydrogen (secondary N) is 1. The molecule has 26 heavy (non-hydrogen) atoms. The van der Waals surface area contributed by atoms with Crippen LogP contribution >= 0.6 is 0 Å². The average molecular weight is 381 g/mol. The Kier molecular flexibility index (Phi) is 6.38. The van der Waals surface area contributed by atoms with E-state index in [1.165, 1.54) is 25.3 Å². The van der Waals surface area contributed by atoms with Crippen LogP contribution in [0.4, 0.5) is 0 Å². The molecule has 0 spiro atoms. The number of hydrogen-bond donors (Lipinski definition) is 2. The summed E-state index contributed by atoms with van der Waals surface area (Å²) in [6, 6.07) is 4.31. The summed E-state index contributed by atoms with van der Waals surface area (Å²) in [5.41, 5.74) is 1.12. The van der Waals surface area contributed by atoms with Crippen LogP contribution in [0, 0.1) is 5.92 Å². The number of sulfonamides is 1. The molecule has 1 heterocycles. The average Bonchev–Trinajstić information content (AvgIpc) is 2.99. The van der Waals surface area contributed by atoms with Gasteiger partial charge in [-0.3, -0.25) is 4.79 Å². The summed E-state index contributed by atoms with van der Waals surface area (Å²) in [5.74, 6) is -0.487. The molecule has 0 aliphatic rings. The molecule has 9 heteroatoms. The van der Waals surface area contributed by atoms with E-state index >= 15 is 0 Å². The van der Waals surface area contributed by atoms with Gasteiger partial charge in [0.15, 0.2) is 0 Å². The van der Waals surface area contributed by atoms with Crippen molar-refractivity contribution in [2.24, 2.45) is 5.92 Å². The lowest BCUT2D eigenvalue weighted by Gasteiger charge is -2.14. The van der Waals surface area contributed by atoms with Gasteiger partial charge in [-0.1, -0.05) is 19.9 Å². The molecule has 0 unspecified atom stereocenters. The SMILES string of the molecule is COc1ccc(CC(=O)O)cc1S(=O)(=O)NCc1cncn1CC(C)C. The molecule has 0 saturated carbocycles. The van der Waals surface area contributed by atoms with Gasteiger partial charge < -0.3 is 14.4 Å². The molecule has 0 fully saturated rings. The monoisotopic (exact) mass is 381 g/mol. The second-order valence-corrected chi connectivity index (χ2v) is 8.05. The van der Waals surface area contributed by atoms with Crippen molar-refractivity contribution >= 4 is 16.0 Å². The fraction of sp³-hybridized carbons (Fsp3) is 0.412. The van der Waals surface area contributed by atoms with Crippen LogP contribution in [0.25, 0.3) is 0 Å². The fourth-order valence-corrected chi connectivity index (χ4v) is 3.73. The first-order valence-corrected chi connectivity index (χ1v) is 9.58. The van der Waals surface area contributed by atoms with Crippen LogP contribution < -0.4 is 9.46 Å². The molecule has 142 valence electrons. The minimum Gasteiger partial charge on any atom is -0.495 e. The number of carbonyl (C=O) groups is 1. The third-order valence-corrected chi connectivity index (χ3v) is 5.10. The zero-order valence-electron chi connectivity index (χ0n) is 15.0. The Morgan fingerprint density at radius 1 is 1.38 bits per heavy atom. The van der Waals surface area contributed by atoms with Gasteiger partial charge in [-0.25, -0.2) is 18.1 Å². The summed E-state index contributed by atoms with van der Waals surface area (Å²) in [5, 5.41) is 8.91. The maximum atomic E-state index is 12.7. The van der Waals surface area contributed by atoms with Gasteiger partial charge in [-0.15, -0.1) is 0 Å². The van der Waals surface area contributed by atoms with Crippen molar-refractivity contribution in [3.05, 3.63) is 42.0 Å². The first kappa shape index (κ1) is 19.9. The normalized spacial score (nSPS) is 11.7. The molecular formula is C17H23N3O5S. The quantitative estimate of drug-likeness (QED) is 0.683. The van der Waals surface area contributed by atoms with E-state index in [1.807, 2.05) is 4.57 Å². The molecule has 0 radical (unpaired) electrons. The molecule has 2 aromatic rings. The predicted molar refractivity (Wildman–Crippen MR) is 95.4 cm³/mol. The minimum atomic E-state index is -3.89. The Morgan fingerprint density at radius 3 is 2.73 bits per heavy atom. The molecule has 1 aromatic heterocycles. The van der Waals surface area contributed by atoms with Crippen LogP contribution in [0.3, 0.4) is 0 Å². The van der Waals surface area contributed by atoms with Gasteiger partial charge in [0.2, 0.25) is 10.0 Å². The molecule has 2 N–H and O–H groups in total. The van der Waals surface area contributed by atoms with Gasteiger partial charge in [-0.2, -0.15) is 0 Å². The Morgan fingerprint density at radius 2 is 2.12 bits per heavy atom. The smallest absolute Gasteiger partial charge is 0.307 e. The number of aliphatic carboxylic acids is 1. The number of carboxylic acids is 1. The van der Waals surface area contributed by atoms with Gasteiger partial charge in [-0.05, 0) is 23.6 Å². The Hall–Kier alpha value is -2.39. The number of aromatic nitrogens is 2. The summed E-state index contributed by atoms with van der Waals surface area (Å²) < 4.78 is 35.0. The van der Waals surface area contributed by atoms with Crippen molar-refractivity contribution in [3.63, 3.8) is 0 Å². The standard InChI is InChI=1S/C17H23N3O5S/c1-12(2)10-20-11-18-8-14(20)9-19-26(23,24)16-6-13(7-17(21)22)4-5-15(16)25-3/h4-6,8,11-12,19H,7,9-10H2,1-3H3,(H,21,22). The molecule has 0 bridgehead atoms. The van der Waals surface area contributed by atoms with Crippen LogP contribution in [0.1, 0.15) is 25.1 Å². The van der Waals surface area contributed by atoms with E-state index in [0.717, 1.165) is 12.2 Å². The van der Waals surface area contributed by atoms with Crippen LogP contribution in [0.2, 0.25) is 0 Å². The number of benzene rings is 1. The summed E-state index contributed by atoms with van der Waals surface area (Å²) >= 11 is 0. The molecule has 0 aliphatic carbocycles. The highest BCUT2D eigenvalue weighted by Gasteiger charge is 2.21. The predicted octanol–water partition coefficient (Wildman–Crippen LogP) is 1.65. The van der Waals surface area contributed by atoms with Crippen LogP contribution in [-0.2, 0) is 34.3 Å². The summed E-state index contributed by atoms with van der Waals surface area (Å²) in [7, 11) is -2.53. The van der Waals surface area contributed by atoms with Gasteiger partial charge >= 0.3 is 5.97 Å². The van der Waals surface area contributed by atoms with E-state index in [-0.39, 0.29) is 23.6 Å². The van der Waals surface area contributed by atoms with Gasteiger partial charge in [0.05, 0.1) is 32.1 Å². The van der Waals surface area contributed by atoms with Crippen molar-refractivity contribution in [1.29, 1.82) is 0 Å². The lowest BCUT2D eigenvalue weighted by atomic mass is 10.1. The molecular weight excluding hydrogens is 358 g/mol. The summed E-state index contributed by atoms with van der Waals surface area (Å²) in [4.78, 5) is 14.9.